The van der Waals surface area contributed by atoms with Gasteiger partial charge in [-0.2, -0.15) is 0 Å². The normalized spacial score (nSPS) is 10.9. The van der Waals surface area contributed by atoms with E-state index in [2.05, 4.69) is 15.4 Å². The van der Waals surface area contributed by atoms with Gasteiger partial charge in [-0.25, -0.2) is 18.9 Å². The number of hydrogen-bond donors (Lipinski definition) is 2. The molecular weight excluding hydrogens is 250 g/mol. The van der Waals surface area contributed by atoms with Gasteiger partial charge in [0, 0.05) is 12.6 Å². The van der Waals surface area contributed by atoms with Crippen LogP contribution in [0, 0.1) is 6.92 Å². The Hall–Kier alpha value is -2.38. The van der Waals surface area contributed by atoms with Crippen molar-refractivity contribution < 1.29 is 9.90 Å². The summed E-state index contributed by atoms with van der Waals surface area (Å²) >= 11 is 0. The summed E-state index contributed by atoms with van der Waals surface area (Å²) in [5, 5.41) is 15.7. The van der Waals surface area contributed by atoms with Gasteiger partial charge in [-0.3, -0.25) is 4.79 Å². The smallest absolute Gasteiger partial charge is 0.353 e. The molecule has 0 fully saturated rings. The minimum atomic E-state index is -1.11. The SMILES string of the molecule is CCc1nc(NC)n2c(=O)n(CC(=O)O)nc2c1C. The fourth-order valence-corrected chi connectivity index (χ4v) is 1.98. The predicted molar refractivity (Wildman–Crippen MR) is 68.5 cm³/mol. The van der Waals surface area contributed by atoms with Crippen LogP contribution in [0.3, 0.4) is 0 Å². The number of carboxylic acids is 1. The van der Waals surface area contributed by atoms with Crippen LogP contribution in [0.5, 0.6) is 0 Å². The molecule has 0 aromatic carbocycles. The number of nitrogens with one attached hydrogen (secondary N) is 1. The summed E-state index contributed by atoms with van der Waals surface area (Å²) < 4.78 is 2.21. The summed E-state index contributed by atoms with van der Waals surface area (Å²) in [6, 6.07) is 0. The average molecular weight is 265 g/mol. The number of carbonyl (C=O) groups is 1. The van der Waals surface area contributed by atoms with Crippen LogP contribution < -0.4 is 11.0 Å². The second-order valence-electron chi connectivity index (χ2n) is 4.10. The Labute approximate surface area is 108 Å². The molecule has 0 saturated carbocycles. The molecule has 8 heteroatoms. The molecule has 0 atom stereocenters. The third-order valence-electron chi connectivity index (χ3n) is 2.90. The first-order valence-corrected chi connectivity index (χ1v) is 5.88. The van der Waals surface area contributed by atoms with Gasteiger partial charge in [0.2, 0.25) is 5.95 Å². The number of aliphatic carboxylic acids is 1. The summed E-state index contributed by atoms with van der Waals surface area (Å²) in [4.78, 5) is 27.2. The van der Waals surface area contributed by atoms with E-state index in [4.69, 9.17) is 5.11 Å². The van der Waals surface area contributed by atoms with Crippen molar-refractivity contribution in [1.82, 2.24) is 19.2 Å². The van der Waals surface area contributed by atoms with Crippen molar-refractivity contribution in [3.8, 4) is 0 Å². The van der Waals surface area contributed by atoms with E-state index in [1.807, 2.05) is 13.8 Å². The third-order valence-corrected chi connectivity index (χ3v) is 2.90. The van der Waals surface area contributed by atoms with E-state index in [0.29, 0.717) is 18.0 Å². The predicted octanol–water partition coefficient (Wildman–Crippen LogP) is -0.112. The van der Waals surface area contributed by atoms with Gasteiger partial charge >= 0.3 is 11.7 Å². The van der Waals surface area contributed by atoms with Crippen molar-refractivity contribution in [2.45, 2.75) is 26.8 Å². The number of aryl methyl sites for hydroxylation is 2. The van der Waals surface area contributed by atoms with Crippen LogP contribution >= 0.6 is 0 Å². The Kier molecular flexibility index (Phi) is 3.24. The number of rotatable bonds is 4. The second kappa shape index (κ2) is 4.71. The molecule has 0 bridgehead atoms. The Morgan fingerprint density at radius 3 is 2.68 bits per heavy atom. The van der Waals surface area contributed by atoms with Crippen molar-refractivity contribution >= 4 is 17.6 Å². The van der Waals surface area contributed by atoms with Gasteiger partial charge in [-0.05, 0) is 13.3 Å². The summed E-state index contributed by atoms with van der Waals surface area (Å²) in [5.41, 5.74) is 1.52. The van der Waals surface area contributed by atoms with Crippen LogP contribution in [0.25, 0.3) is 5.65 Å². The lowest BCUT2D eigenvalue weighted by atomic mass is 10.2. The van der Waals surface area contributed by atoms with Gasteiger partial charge in [-0.15, -0.1) is 5.10 Å². The number of anilines is 1. The van der Waals surface area contributed by atoms with Crippen LogP contribution in [-0.4, -0.2) is 37.3 Å². The lowest BCUT2D eigenvalue weighted by Crippen LogP contribution is -2.26. The molecule has 2 aromatic rings. The highest BCUT2D eigenvalue weighted by Gasteiger charge is 2.17. The first-order chi connectivity index (χ1) is 8.99. The minimum absolute atomic E-state index is 0.360. The van der Waals surface area contributed by atoms with Crippen molar-refractivity contribution in [2.75, 3.05) is 12.4 Å². The molecule has 2 aromatic heterocycles. The van der Waals surface area contributed by atoms with Crippen molar-refractivity contribution in [3.63, 3.8) is 0 Å². The minimum Gasteiger partial charge on any atom is -0.480 e. The molecule has 0 aliphatic rings. The van der Waals surface area contributed by atoms with E-state index in [9.17, 15) is 9.59 Å². The van der Waals surface area contributed by atoms with E-state index in [1.54, 1.807) is 7.05 Å². The van der Waals surface area contributed by atoms with E-state index in [1.165, 1.54) is 4.40 Å². The van der Waals surface area contributed by atoms with Crippen LogP contribution in [0.2, 0.25) is 0 Å². The molecule has 0 aliphatic heterocycles. The fourth-order valence-electron chi connectivity index (χ4n) is 1.98. The van der Waals surface area contributed by atoms with Crippen molar-refractivity contribution in [2.24, 2.45) is 0 Å². The summed E-state index contributed by atoms with van der Waals surface area (Å²) in [6.45, 7) is 3.31. The van der Waals surface area contributed by atoms with Crippen LogP contribution in [-0.2, 0) is 17.8 Å². The number of aromatic nitrogens is 4. The Morgan fingerprint density at radius 1 is 1.47 bits per heavy atom. The lowest BCUT2D eigenvalue weighted by Gasteiger charge is -2.07. The van der Waals surface area contributed by atoms with Gasteiger partial charge in [0.05, 0.1) is 5.69 Å². The molecule has 0 radical (unpaired) electrons. The quantitative estimate of drug-likeness (QED) is 0.799. The Morgan fingerprint density at radius 2 is 2.16 bits per heavy atom. The van der Waals surface area contributed by atoms with Gasteiger partial charge in [-0.1, -0.05) is 6.92 Å². The highest BCUT2D eigenvalue weighted by molar-refractivity contribution is 5.66. The standard InChI is InChI=1S/C11H15N5O3/c1-4-7-6(2)9-14-15(5-8(17)18)11(19)16(9)10(12-3)13-7/h4-5H2,1-3H3,(H,12,13)(H,17,18). The summed E-state index contributed by atoms with van der Waals surface area (Å²) in [5.74, 6) is -0.753. The maximum absolute atomic E-state index is 12.1. The lowest BCUT2D eigenvalue weighted by molar-refractivity contribution is -0.137. The van der Waals surface area contributed by atoms with Gasteiger partial charge in [0.25, 0.3) is 0 Å². The number of nitrogens with zero attached hydrogens (tertiary/aromatic N) is 4. The molecule has 0 aliphatic carbocycles. The topological polar surface area (TPSA) is 102 Å². The maximum atomic E-state index is 12.1. The van der Waals surface area contributed by atoms with Gasteiger partial charge in [0.15, 0.2) is 5.65 Å². The highest BCUT2D eigenvalue weighted by Crippen LogP contribution is 2.15. The molecule has 2 heterocycles. The zero-order valence-corrected chi connectivity index (χ0v) is 11.0. The third kappa shape index (κ3) is 2.05. The Balaban J connectivity index is 2.81. The monoisotopic (exact) mass is 265 g/mol. The largest absolute Gasteiger partial charge is 0.480 e. The van der Waals surface area contributed by atoms with Crippen LogP contribution in [0.15, 0.2) is 4.79 Å². The van der Waals surface area contributed by atoms with E-state index in [-0.39, 0.29) is 0 Å². The maximum Gasteiger partial charge on any atom is 0.353 e. The van der Waals surface area contributed by atoms with Crippen LogP contribution in [0.1, 0.15) is 18.2 Å². The zero-order valence-electron chi connectivity index (χ0n) is 11.0. The van der Waals surface area contributed by atoms with E-state index < -0.39 is 18.2 Å². The highest BCUT2D eigenvalue weighted by atomic mass is 16.4. The molecule has 0 unspecified atom stereocenters. The van der Waals surface area contributed by atoms with Crippen molar-refractivity contribution in [3.05, 3.63) is 21.7 Å². The average Bonchev–Trinajstić information content (AvgIpc) is 2.68. The Bertz CT molecular complexity index is 700. The first-order valence-electron chi connectivity index (χ1n) is 5.88. The van der Waals surface area contributed by atoms with E-state index in [0.717, 1.165) is 15.9 Å². The summed E-state index contributed by atoms with van der Waals surface area (Å²) in [7, 11) is 1.65. The molecule has 19 heavy (non-hydrogen) atoms. The van der Waals surface area contributed by atoms with Gasteiger partial charge < -0.3 is 10.4 Å². The molecule has 102 valence electrons. The first kappa shape index (κ1) is 13.1. The van der Waals surface area contributed by atoms with Crippen molar-refractivity contribution in [1.29, 1.82) is 0 Å². The molecule has 2 N–H and O–H groups in total. The molecule has 8 nitrogen and oxygen atoms in total. The van der Waals surface area contributed by atoms with Crippen LogP contribution in [0.4, 0.5) is 5.95 Å². The molecule has 0 spiro atoms. The van der Waals surface area contributed by atoms with Gasteiger partial charge in [0.1, 0.15) is 6.54 Å². The fraction of sp³-hybridized carbons (Fsp3) is 0.455. The molecule has 2 rings (SSSR count). The number of fused-ring (bicyclic) bond motifs is 1. The summed E-state index contributed by atoms with van der Waals surface area (Å²) in [6.07, 6.45) is 0.705. The van der Waals surface area contributed by atoms with E-state index >= 15 is 0 Å². The number of hydrogen-bond acceptors (Lipinski definition) is 5. The number of carboxylic acid groups (broad SMARTS) is 1. The zero-order chi connectivity index (χ0) is 14.2. The molecule has 0 saturated heterocycles. The molecule has 0 amide bonds. The second-order valence-corrected chi connectivity index (χ2v) is 4.10. The molecular formula is C11H15N5O3.